The summed E-state index contributed by atoms with van der Waals surface area (Å²) in [4.78, 5) is 2.34. The second kappa shape index (κ2) is 7.61. The first-order chi connectivity index (χ1) is 8.90. The van der Waals surface area contributed by atoms with Crippen LogP contribution in [0.4, 0.5) is 4.39 Å². The van der Waals surface area contributed by atoms with Gasteiger partial charge in [-0.2, -0.15) is 0 Å². The molecule has 0 aliphatic rings. The third kappa shape index (κ3) is 5.70. The molecule has 1 rings (SSSR count). The molecule has 108 valence electrons. The van der Waals surface area contributed by atoms with Crippen molar-refractivity contribution >= 4 is 0 Å². The van der Waals surface area contributed by atoms with E-state index in [1.807, 2.05) is 12.1 Å². The van der Waals surface area contributed by atoms with Gasteiger partial charge in [-0.05, 0) is 30.7 Å². The fourth-order valence-corrected chi connectivity index (χ4v) is 2.25. The fourth-order valence-electron chi connectivity index (χ4n) is 2.25. The number of likely N-dealkylation sites (N-methyl/N-ethyl adjacent to an activating group) is 1. The van der Waals surface area contributed by atoms with Gasteiger partial charge in [-0.1, -0.05) is 39.8 Å². The van der Waals surface area contributed by atoms with Gasteiger partial charge in [0.25, 0.3) is 0 Å². The quantitative estimate of drug-likeness (QED) is 0.815. The Morgan fingerprint density at radius 1 is 1.11 bits per heavy atom. The monoisotopic (exact) mass is 266 g/mol. The number of hydrogen-bond donors (Lipinski definition) is 1. The van der Waals surface area contributed by atoms with Crippen molar-refractivity contribution in [1.29, 1.82) is 0 Å². The van der Waals surface area contributed by atoms with E-state index in [2.05, 4.69) is 45.0 Å². The van der Waals surface area contributed by atoms with Crippen LogP contribution in [-0.4, -0.2) is 30.6 Å². The molecule has 1 unspecified atom stereocenters. The van der Waals surface area contributed by atoms with Crippen LogP contribution in [0.2, 0.25) is 0 Å². The van der Waals surface area contributed by atoms with E-state index in [0.29, 0.717) is 18.0 Å². The van der Waals surface area contributed by atoms with Crippen molar-refractivity contribution in [2.45, 2.75) is 46.3 Å². The molecule has 1 N–H and O–H groups in total. The number of hydrogen-bond acceptors (Lipinski definition) is 2. The molecule has 0 saturated carbocycles. The summed E-state index contributed by atoms with van der Waals surface area (Å²) in [6.45, 7) is 10.6. The molecule has 1 aromatic rings. The third-order valence-electron chi connectivity index (χ3n) is 3.42. The van der Waals surface area contributed by atoms with Crippen LogP contribution in [0.3, 0.4) is 0 Å². The van der Waals surface area contributed by atoms with E-state index in [-0.39, 0.29) is 5.82 Å². The van der Waals surface area contributed by atoms with E-state index >= 15 is 0 Å². The Balaban J connectivity index is 2.60. The highest BCUT2D eigenvalue weighted by molar-refractivity contribution is 5.15. The molecule has 0 spiro atoms. The Morgan fingerprint density at radius 3 is 2.16 bits per heavy atom. The van der Waals surface area contributed by atoms with Gasteiger partial charge in [-0.3, -0.25) is 4.90 Å². The highest BCUT2D eigenvalue weighted by Gasteiger charge is 2.18. The second-order valence-corrected chi connectivity index (χ2v) is 5.92. The average molecular weight is 266 g/mol. The Kier molecular flexibility index (Phi) is 6.46. The van der Waals surface area contributed by atoms with Crippen LogP contribution in [0.1, 0.15) is 33.3 Å². The third-order valence-corrected chi connectivity index (χ3v) is 3.42. The molecule has 0 aliphatic heterocycles. The number of benzene rings is 1. The topological polar surface area (TPSA) is 15.3 Å². The molecule has 0 bridgehead atoms. The predicted octanol–water partition coefficient (Wildman–Crippen LogP) is 3.28. The van der Waals surface area contributed by atoms with Gasteiger partial charge in [-0.15, -0.1) is 0 Å². The smallest absolute Gasteiger partial charge is 0.123 e. The van der Waals surface area contributed by atoms with Crippen LogP contribution in [-0.2, 0) is 6.54 Å². The van der Waals surface area contributed by atoms with Crippen LogP contribution in [0.15, 0.2) is 24.3 Å². The summed E-state index contributed by atoms with van der Waals surface area (Å²) >= 11 is 0. The van der Waals surface area contributed by atoms with E-state index in [0.717, 1.165) is 18.7 Å². The highest BCUT2D eigenvalue weighted by atomic mass is 19.1. The van der Waals surface area contributed by atoms with Gasteiger partial charge >= 0.3 is 0 Å². The van der Waals surface area contributed by atoms with Crippen molar-refractivity contribution in [2.24, 2.45) is 5.92 Å². The van der Waals surface area contributed by atoms with Crippen LogP contribution in [0, 0.1) is 11.7 Å². The van der Waals surface area contributed by atoms with Gasteiger partial charge in [0.2, 0.25) is 0 Å². The van der Waals surface area contributed by atoms with Gasteiger partial charge in [0.05, 0.1) is 0 Å². The molecular formula is C16H27FN2. The zero-order chi connectivity index (χ0) is 14.4. The molecule has 0 fully saturated rings. The lowest BCUT2D eigenvalue weighted by atomic mass is 10.0. The van der Waals surface area contributed by atoms with Crippen molar-refractivity contribution in [2.75, 3.05) is 13.6 Å². The largest absolute Gasteiger partial charge is 0.313 e. The first-order valence-corrected chi connectivity index (χ1v) is 7.08. The maximum Gasteiger partial charge on any atom is 0.123 e. The molecule has 2 nitrogen and oxygen atoms in total. The Morgan fingerprint density at radius 2 is 1.68 bits per heavy atom. The van der Waals surface area contributed by atoms with Crippen LogP contribution >= 0.6 is 0 Å². The summed E-state index contributed by atoms with van der Waals surface area (Å²) in [6, 6.07) is 7.76. The SMILES string of the molecule is CC(C)NCC(C(C)C)N(C)Cc1ccc(F)cc1. The van der Waals surface area contributed by atoms with Gasteiger partial charge < -0.3 is 5.32 Å². The Hall–Kier alpha value is -0.930. The molecule has 1 aromatic carbocycles. The zero-order valence-corrected chi connectivity index (χ0v) is 12.8. The van der Waals surface area contributed by atoms with E-state index in [4.69, 9.17) is 0 Å². The van der Waals surface area contributed by atoms with Crippen molar-refractivity contribution in [3.63, 3.8) is 0 Å². The van der Waals surface area contributed by atoms with Gasteiger partial charge in [0, 0.05) is 25.2 Å². The van der Waals surface area contributed by atoms with E-state index in [1.165, 1.54) is 12.1 Å². The molecule has 0 amide bonds. The molecule has 0 aromatic heterocycles. The standard InChI is InChI=1S/C16H27FN2/c1-12(2)16(10-18-13(3)4)19(5)11-14-6-8-15(17)9-7-14/h6-9,12-13,16,18H,10-11H2,1-5H3. The van der Waals surface area contributed by atoms with E-state index in [9.17, 15) is 4.39 Å². The van der Waals surface area contributed by atoms with Crippen LogP contribution in [0.5, 0.6) is 0 Å². The lowest BCUT2D eigenvalue weighted by Gasteiger charge is -2.32. The second-order valence-electron chi connectivity index (χ2n) is 5.92. The Labute approximate surface area is 117 Å². The van der Waals surface area contributed by atoms with Crippen molar-refractivity contribution < 1.29 is 4.39 Å². The average Bonchev–Trinajstić information content (AvgIpc) is 2.31. The number of nitrogens with one attached hydrogen (secondary N) is 1. The summed E-state index contributed by atoms with van der Waals surface area (Å²) in [5.41, 5.74) is 1.15. The first-order valence-electron chi connectivity index (χ1n) is 7.08. The minimum absolute atomic E-state index is 0.173. The summed E-state index contributed by atoms with van der Waals surface area (Å²) in [7, 11) is 2.13. The molecular weight excluding hydrogens is 239 g/mol. The summed E-state index contributed by atoms with van der Waals surface area (Å²) < 4.78 is 12.9. The minimum atomic E-state index is -0.173. The van der Waals surface area contributed by atoms with E-state index < -0.39 is 0 Å². The number of rotatable bonds is 7. The zero-order valence-electron chi connectivity index (χ0n) is 12.8. The lowest BCUT2D eigenvalue weighted by molar-refractivity contribution is 0.177. The van der Waals surface area contributed by atoms with Gasteiger partial charge in [-0.25, -0.2) is 4.39 Å². The molecule has 0 aliphatic carbocycles. The summed E-state index contributed by atoms with van der Waals surface area (Å²) in [5.74, 6) is 0.407. The molecule has 0 saturated heterocycles. The molecule has 0 radical (unpaired) electrons. The van der Waals surface area contributed by atoms with Crippen molar-refractivity contribution in [3.05, 3.63) is 35.6 Å². The predicted molar refractivity (Wildman–Crippen MR) is 79.6 cm³/mol. The molecule has 1 atom stereocenters. The van der Waals surface area contributed by atoms with Crippen molar-refractivity contribution in [1.82, 2.24) is 10.2 Å². The van der Waals surface area contributed by atoms with Gasteiger partial charge in [0.1, 0.15) is 5.82 Å². The van der Waals surface area contributed by atoms with Crippen molar-refractivity contribution in [3.8, 4) is 0 Å². The molecule has 0 heterocycles. The fraction of sp³-hybridized carbons (Fsp3) is 0.625. The number of nitrogens with zero attached hydrogens (tertiary/aromatic N) is 1. The Bertz CT molecular complexity index is 360. The van der Waals surface area contributed by atoms with Gasteiger partial charge in [0.15, 0.2) is 0 Å². The lowest BCUT2D eigenvalue weighted by Crippen LogP contribution is -2.44. The normalized spacial score (nSPS) is 13.5. The van der Waals surface area contributed by atoms with E-state index in [1.54, 1.807) is 0 Å². The summed E-state index contributed by atoms with van der Waals surface area (Å²) in [5, 5.41) is 3.50. The number of halogens is 1. The van der Waals surface area contributed by atoms with Crippen LogP contribution < -0.4 is 5.32 Å². The maximum absolute atomic E-state index is 12.9. The first kappa shape index (κ1) is 16.1. The summed E-state index contributed by atoms with van der Waals surface area (Å²) in [6.07, 6.45) is 0. The van der Waals surface area contributed by atoms with Crippen LogP contribution in [0.25, 0.3) is 0 Å². The maximum atomic E-state index is 12.9. The minimum Gasteiger partial charge on any atom is -0.313 e. The molecule has 3 heteroatoms. The highest BCUT2D eigenvalue weighted by Crippen LogP contribution is 2.13. The molecule has 19 heavy (non-hydrogen) atoms.